The molecule has 0 atom stereocenters. The van der Waals surface area contributed by atoms with Gasteiger partial charge in [0.25, 0.3) is 0 Å². The standard InChI is InChI=1S/C11H10Br2N4O/c1-18-9-5-8(16-11(14)17-9)15-10-6(12)3-2-4-7(10)13/h2-5H,1H3,(H3,14,15,16,17). The zero-order chi connectivity index (χ0) is 13.1. The molecule has 0 aliphatic carbocycles. The number of para-hydroxylation sites is 1. The van der Waals surface area contributed by atoms with Crippen LogP contribution in [0.4, 0.5) is 17.5 Å². The predicted molar refractivity (Wildman–Crippen MR) is 78.1 cm³/mol. The molecule has 0 unspecified atom stereocenters. The van der Waals surface area contributed by atoms with Crippen LogP contribution in [0, 0.1) is 0 Å². The lowest BCUT2D eigenvalue weighted by Gasteiger charge is -2.11. The quantitative estimate of drug-likeness (QED) is 0.863. The Labute approximate surface area is 121 Å². The van der Waals surface area contributed by atoms with Crippen LogP contribution in [0.5, 0.6) is 5.88 Å². The van der Waals surface area contributed by atoms with Crippen molar-refractivity contribution in [3.63, 3.8) is 0 Å². The van der Waals surface area contributed by atoms with E-state index in [0.717, 1.165) is 14.6 Å². The van der Waals surface area contributed by atoms with Gasteiger partial charge in [-0.15, -0.1) is 0 Å². The summed E-state index contributed by atoms with van der Waals surface area (Å²) < 4.78 is 6.86. The van der Waals surface area contributed by atoms with Crippen LogP contribution in [0.25, 0.3) is 0 Å². The Morgan fingerprint density at radius 3 is 2.50 bits per heavy atom. The van der Waals surface area contributed by atoms with Gasteiger partial charge in [-0.3, -0.25) is 0 Å². The van der Waals surface area contributed by atoms with Crippen molar-refractivity contribution in [1.82, 2.24) is 9.97 Å². The van der Waals surface area contributed by atoms with E-state index in [1.807, 2.05) is 18.2 Å². The molecule has 0 radical (unpaired) electrons. The summed E-state index contributed by atoms with van der Waals surface area (Å²) in [4.78, 5) is 8.01. The molecule has 1 heterocycles. The second-order valence-corrected chi connectivity index (χ2v) is 5.08. The molecule has 18 heavy (non-hydrogen) atoms. The van der Waals surface area contributed by atoms with Gasteiger partial charge in [-0.25, -0.2) is 0 Å². The first-order chi connectivity index (χ1) is 8.60. The van der Waals surface area contributed by atoms with Gasteiger partial charge < -0.3 is 15.8 Å². The molecule has 0 saturated heterocycles. The van der Waals surface area contributed by atoms with Crippen molar-refractivity contribution in [2.75, 3.05) is 18.2 Å². The van der Waals surface area contributed by atoms with Gasteiger partial charge in [0, 0.05) is 15.0 Å². The van der Waals surface area contributed by atoms with E-state index in [9.17, 15) is 0 Å². The first-order valence-electron chi connectivity index (χ1n) is 4.99. The van der Waals surface area contributed by atoms with E-state index in [2.05, 4.69) is 47.1 Å². The van der Waals surface area contributed by atoms with Gasteiger partial charge in [-0.2, -0.15) is 9.97 Å². The van der Waals surface area contributed by atoms with E-state index in [1.54, 1.807) is 6.07 Å². The van der Waals surface area contributed by atoms with Crippen molar-refractivity contribution in [2.45, 2.75) is 0 Å². The van der Waals surface area contributed by atoms with Gasteiger partial charge in [0.15, 0.2) is 0 Å². The lowest BCUT2D eigenvalue weighted by molar-refractivity contribution is 0.398. The number of hydrogen-bond acceptors (Lipinski definition) is 5. The monoisotopic (exact) mass is 372 g/mol. The average Bonchev–Trinajstić information content (AvgIpc) is 2.33. The molecule has 0 aliphatic rings. The third-order valence-corrected chi connectivity index (χ3v) is 3.47. The molecule has 0 aliphatic heterocycles. The summed E-state index contributed by atoms with van der Waals surface area (Å²) in [6.45, 7) is 0. The minimum Gasteiger partial charge on any atom is -0.481 e. The van der Waals surface area contributed by atoms with Gasteiger partial charge in [-0.1, -0.05) is 6.07 Å². The molecule has 0 amide bonds. The molecule has 1 aromatic heterocycles. The third-order valence-electron chi connectivity index (χ3n) is 2.14. The van der Waals surface area contributed by atoms with Gasteiger partial charge in [0.05, 0.1) is 12.8 Å². The summed E-state index contributed by atoms with van der Waals surface area (Å²) in [5.41, 5.74) is 6.46. The molecule has 0 spiro atoms. The molecular formula is C11H10Br2N4O. The summed E-state index contributed by atoms with van der Waals surface area (Å²) >= 11 is 6.92. The van der Waals surface area contributed by atoms with Gasteiger partial charge in [0.1, 0.15) is 5.82 Å². The number of nitrogens with zero attached hydrogens (tertiary/aromatic N) is 2. The summed E-state index contributed by atoms with van der Waals surface area (Å²) in [5, 5.41) is 3.15. The normalized spacial score (nSPS) is 10.2. The first kappa shape index (κ1) is 13.1. The van der Waals surface area contributed by atoms with Crippen LogP contribution in [0.2, 0.25) is 0 Å². The van der Waals surface area contributed by atoms with E-state index in [0.29, 0.717) is 11.7 Å². The SMILES string of the molecule is COc1cc(Nc2c(Br)cccc2Br)nc(N)n1. The zero-order valence-electron chi connectivity index (χ0n) is 9.45. The molecular weight excluding hydrogens is 364 g/mol. The van der Waals surface area contributed by atoms with Crippen LogP contribution < -0.4 is 15.8 Å². The third kappa shape index (κ3) is 2.91. The number of nitrogens with two attached hydrogens (primary N) is 1. The van der Waals surface area contributed by atoms with E-state index in [-0.39, 0.29) is 5.95 Å². The molecule has 7 heteroatoms. The number of hydrogen-bond donors (Lipinski definition) is 2. The van der Waals surface area contributed by atoms with Crippen LogP contribution in [0.3, 0.4) is 0 Å². The number of benzene rings is 1. The maximum absolute atomic E-state index is 5.60. The van der Waals surface area contributed by atoms with E-state index >= 15 is 0 Å². The summed E-state index contributed by atoms with van der Waals surface area (Å²) in [7, 11) is 1.53. The van der Waals surface area contributed by atoms with Crippen LogP contribution in [-0.4, -0.2) is 17.1 Å². The molecule has 94 valence electrons. The average molecular weight is 374 g/mol. The Kier molecular flexibility index (Phi) is 4.03. The smallest absolute Gasteiger partial charge is 0.225 e. The topological polar surface area (TPSA) is 73.1 Å². The van der Waals surface area contributed by atoms with Crippen molar-refractivity contribution in [3.8, 4) is 5.88 Å². The largest absolute Gasteiger partial charge is 0.481 e. The fourth-order valence-corrected chi connectivity index (χ4v) is 2.55. The molecule has 1 aromatic carbocycles. The van der Waals surface area contributed by atoms with E-state index < -0.39 is 0 Å². The highest BCUT2D eigenvalue weighted by Gasteiger charge is 2.08. The summed E-state index contributed by atoms with van der Waals surface area (Å²) in [6, 6.07) is 7.44. The minimum absolute atomic E-state index is 0.153. The fraction of sp³-hybridized carbons (Fsp3) is 0.0909. The number of anilines is 3. The van der Waals surface area contributed by atoms with Crippen LogP contribution in [0.15, 0.2) is 33.2 Å². The molecule has 3 N–H and O–H groups in total. The lowest BCUT2D eigenvalue weighted by atomic mass is 10.3. The maximum atomic E-state index is 5.60. The van der Waals surface area contributed by atoms with Crippen LogP contribution in [-0.2, 0) is 0 Å². The molecule has 0 saturated carbocycles. The highest BCUT2D eigenvalue weighted by molar-refractivity contribution is 9.11. The number of rotatable bonds is 3. The number of nitrogens with one attached hydrogen (secondary N) is 1. The highest BCUT2D eigenvalue weighted by Crippen LogP contribution is 2.33. The van der Waals surface area contributed by atoms with Gasteiger partial charge >= 0.3 is 0 Å². The molecule has 2 rings (SSSR count). The number of methoxy groups -OCH3 is 1. The van der Waals surface area contributed by atoms with Crippen molar-refractivity contribution in [2.24, 2.45) is 0 Å². The lowest BCUT2D eigenvalue weighted by Crippen LogP contribution is -2.02. The van der Waals surface area contributed by atoms with Crippen molar-refractivity contribution >= 4 is 49.3 Å². The number of ether oxygens (including phenoxy) is 1. The summed E-state index contributed by atoms with van der Waals surface area (Å²) in [5.74, 6) is 1.13. The summed E-state index contributed by atoms with van der Waals surface area (Å²) in [6.07, 6.45) is 0. The van der Waals surface area contributed by atoms with Gasteiger partial charge in [-0.05, 0) is 44.0 Å². The van der Waals surface area contributed by atoms with Crippen LogP contribution in [0.1, 0.15) is 0 Å². The molecule has 2 aromatic rings. The maximum Gasteiger partial charge on any atom is 0.225 e. The first-order valence-corrected chi connectivity index (χ1v) is 6.58. The fourth-order valence-electron chi connectivity index (χ4n) is 1.36. The van der Waals surface area contributed by atoms with Crippen LogP contribution >= 0.6 is 31.9 Å². The Bertz CT molecular complexity index is 557. The number of aromatic nitrogens is 2. The van der Waals surface area contributed by atoms with Gasteiger partial charge in [0.2, 0.25) is 11.8 Å². The van der Waals surface area contributed by atoms with Crippen molar-refractivity contribution in [1.29, 1.82) is 0 Å². The second kappa shape index (κ2) is 5.53. The van der Waals surface area contributed by atoms with Crippen molar-refractivity contribution < 1.29 is 4.74 Å². The molecule has 0 fully saturated rings. The Morgan fingerprint density at radius 2 is 1.89 bits per heavy atom. The molecule has 0 bridgehead atoms. The van der Waals surface area contributed by atoms with E-state index in [4.69, 9.17) is 10.5 Å². The number of nitrogen functional groups attached to an aromatic ring is 1. The zero-order valence-corrected chi connectivity index (χ0v) is 12.6. The second-order valence-electron chi connectivity index (χ2n) is 3.38. The predicted octanol–water partition coefficient (Wildman–Crippen LogP) is 3.34. The Balaban J connectivity index is 2.37. The van der Waals surface area contributed by atoms with E-state index in [1.165, 1.54) is 7.11 Å². The number of halogens is 2. The Morgan fingerprint density at radius 1 is 1.22 bits per heavy atom. The Hall–Kier alpha value is -1.34. The minimum atomic E-state index is 0.153. The van der Waals surface area contributed by atoms with Crippen molar-refractivity contribution in [3.05, 3.63) is 33.2 Å². The highest BCUT2D eigenvalue weighted by atomic mass is 79.9. The molecule has 5 nitrogen and oxygen atoms in total.